The van der Waals surface area contributed by atoms with Crippen LogP contribution in [0.2, 0.25) is 0 Å². The number of nitro benzene ring substituents is 1. The lowest BCUT2D eigenvalue weighted by molar-refractivity contribution is -0.385. The smallest absolute Gasteiger partial charge is 0.311 e. The molecule has 0 saturated carbocycles. The number of likely N-dealkylation sites (tertiary alicyclic amines) is 1. The number of halogens is 1. The fraction of sp³-hybridized carbons (Fsp3) is 0.208. The summed E-state index contributed by atoms with van der Waals surface area (Å²) in [5, 5.41) is 15.4. The highest BCUT2D eigenvalue weighted by Crippen LogP contribution is 2.36. The van der Waals surface area contributed by atoms with Gasteiger partial charge in [0.1, 0.15) is 24.1 Å². The molecule has 172 valence electrons. The van der Waals surface area contributed by atoms with Gasteiger partial charge in [-0.25, -0.2) is 14.4 Å². The van der Waals surface area contributed by atoms with E-state index in [4.69, 9.17) is 4.74 Å². The molecule has 1 fully saturated rings. The van der Waals surface area contributed by atoms with Crippen molar-refractivity contribution in [3.05, 3.63) is 77.0 Å². The Morgan fingerprint density at radius 1 is 1.18 bits per heavy atom. The fourth-order valence-electron chi connectivity index (χ4n) is 4.04. The zero-order chi connectivity index (χ0) is 23.7. The molecule has 1 saturated heterocycles. The maximum absolute atomic E-state index is 14.2. The van der Waals surface area contributed by atoms with Crippen molar-refractivity contribution in [2.75, 3.05) is 25.5 Å². The number of pyridine rings is 1. The van der Waals surface area contributed by atoms with E-state index >= 15 is 0 Å². The van der Waals surface area contributed by atoms with E-state index in [0.717, 1.165) is 13.0 Å². The number of likely N-dealkylation sites (N-methyl/N-ethyl adjacent to an activating group) is 1. The number of ether oxygens (including phenoxy) is 1. The Labute approximate surface area is 194 Å². The maximum Gasteiger partial charge on any atom is 0.311 e. The third kappa shape index (κ3) is 4.35. The summed E-state index contributed by atoms with van der Waals surface area (Å²) >= 11 is 0. The van der Waals surface area contributed by atoms with E-state index in [-0.39, 0.29) is 23.4 Å². The first-order valence-electron chi connectivity index (χ1n) is 10.7. The van der Waals surface area contributed by atoms with Crippen LogP contribution in [0.3, 0.4) is 0 Å². The predicted molar refractivity (Wildman–Crippen MR) is 126 cm³/mol. The quantitative estimate of drug-likeness (QED) is 0.330. The minimum Gasteiger partial charge on any atom is -0.482 e. The molecule has 1 atom stereocenters. The number of nitro groups is 1. The highest BCUT2D eigenvalue weighted by molar-refractivity contribution is 5.94. The molecule has 1 aliphatic heterocycles. The van der Waals surface area contributed by atoms with Crippen LogP contribution < -0.4 is 10.1 Å². The van der Waals surface area contributed by atoms with Gasteiger partial charge < -0.3 is 15.0 Å². The number of rotatable bonds is 6. The molecule has 0 bridgehead atoms. The number of anilines is 2. The maximum atomic E-state index is 14.2. The van der Waals surface area contributed by atoms with E-state index < -0.39 is 4.92 Å². The topological polar surface area (TPSA) is 106 Å². The number of hydrogen-bond acceptors (Lipinski definition) is 8. The van der Waals surface area contributed by atoms with Crippen molar-refractivity contribution in [3.63, 3.8) is 0 Å². The molecule has 1 unspecified atom stereocenters. The number of fused-ring (bicyclic) bond motifs is 1. The summed E-state index contributed by atoms with van der Waals surface area (Å²) in [5.74, 6) is 0.190. The molecule has 5 rings (SSSR count). The van der Waals surface area contributed by atoms with Crippen LogP contribution in [0.15, 0.2) is 61.1 Å². The van der Waals surface area contributed by atoms with Gasteiger partial charge >= 0.3 is 5.69 Å². The van der Waals surface area contributed by atoms with E-state index in [9.17, 15) is 14.5 Å². The first-order chi connectivity index (χ1) is 16.5. The van der Waals surface area contributed by atoms with Crippen LogP contribution >= 0.6 is 0 Å². The predicted octanol–water partition coefficient (Wildman–Crippen LogP) is 4.57. The molecule has 2 aromatic heterocycles. The molecular weight excluding hydrogens is 439 g/mol. The Bertz CT molecular complexity index is 1380. The number of aromatic nitrogens is 3. The first-order valence-corrected chi connectivity index (χ1v) is 10.7. The lowest BCUT2D eigenvalue weighted by Crippen LogP contribution is -2.21. The summed E-state index contributed by atoms with van der Waals surface area (Å²) in [4.78, 5) is 26.3. The zero-order valence-corrected chi connectivity index (χ0v) is 18.3. The molecule has 0 aliphatic carbocycles. The Kier molecular flexibility index (Phi) is 5.72. The minimum atomic E-state index is -0.465. The van der Waals surface area contributed by atoms with Gasteiger partial charge in [0.05, 0.1) is 21.5 Å². The van der Waals surface area contributed by atoms with Gasteiger partial charge in [-0.15, -0.1) is 0 Å². The van der Waals surface area contributed by atoms with E-state index in [2.05, 4.69) is 25.2 Å². The van der Waals surface area contributed by atoms with Crippen LogP contribution in [0.25, 0.3) is 22.2 Å². The normalized spacial score (nSPS) is 16.0. The molecule has 2 aromatic carbocycles. The summed E-state index contributed by atoms with van der Waals surface area (Å²) in [6.45, 7) is 1.58. The zero-order valence-electron chi connectivity index (χ0n) is 18.3. The van der Waals surface area contributed by atoms with Crippen molar-refractivity contribution in [1.29, 1.82) is 0 Å². The van der Waals surface area contributed by atoms with Gasteiger partial charge in [0.2, 0.25) is 0 Å². The van der Waals surface area contributed by atoms with Gasteiger partial charge in [0, 0.05) is 42.7 Å². The van der Waals surface area contributed by atoms with E-state index in [1.165, 1.54) is 18.5 Å². The molecule has 0 amide bonds. The minimum absolute atomic E-state index is 0.116. The highest BCUT2D eigenvalue weighted by atomic mass is 19.1. The molecule has 0 radical (unpaired) electrons. The van der Waals surface area contributed by atoms with Crippen molar-refractivity contribution in [2.24, 2.45) is 0 Å². The summed E-state index contributed by atoms with van der Waals surface area (Å²) < 4.78 is 20.2. The molecule has 0 spiro atoms. The molecular formula is C24H21FN6O3. The average Bonchev–Trinajstić information content (AvgIpc) is 3.23. The Balaban J connectivity index is 1.50. The first kappa shape index (κ1) is 21.7. The standard InChI is InChI=1S/C24H21FN6O3/c1-30-9-7-16(13-30)34-23-12-21-18(11-22(23)31(32)33)24(28-14-27-21)29-15-6-8-26-20(10-15)17-4-2-3-5-19(17)25/h2-6,8,10-12,14,16H,7,9,13H2,1H3,(H,26,27,28,29). The molecule has 3 heterocycles. The second kappa shape index (κ2) is 8.99. The Morgan fingerprint density at radius 3 is 2.79 bits per heavy atom. The summed E-state index contributed by atoms with van der Waals surface area (Å²) in [6.07, 6.45) is 3.62. The molecule has 1 aliphatic rings. The molecule has 34 heavy (non-hydrogen) atoms. The second-order valence-corrected chi connectivity index (χ2v) is 8.14. The third-order valence-corrected chi connectivity index (χ3v) is 5.73. The van der Waals surface area contributed by atoms with E-state index in [0.29, 0.717) is 40.2 Å². The van der Waals surface area contributed by atoms with Crippen molar-refractivity contribution in [2.45, 2.75) is 12.5 Å². The molecule has 4 aromatic rings. The molecule has 10 heteroatoms. The van der Waals surface area contributed by atoms with Crippen LogP contribution in [0.5, 0.6) is 5.75 Å². The van der Waals surface area contributed by atoms with Crippen molar-refractivity contribution in [1.82, 2.24) is 19.9 Å². The van der Waals surface area contributed by atoms with Gasteiger partial charge in [0.25, 0.3) is 0 Å². The summed E-state index contributed by atoms with van der Waals surface area (Å²) in [7, 11) is 1.99. The van der Waals surface area contributed by atoms with Crippen molar-refractivity contribution >= 4 is 28.1 Å². The average molecular weight is 460 g/mol. The van der Waals surface area contributed by atoms with Crippen LogP contribution in [0.1, 0.15) is 6.42 Å². The molecule has 1 N–H and O–H groups in total. The second-order valence-electron chi connectivity index (χ2n) is 8.14. The van der Waals surface area contributed by atoms with Crippen LogP contribution in [-0.4, -0.2) is 51.0 Å². The molecule has 9 nitrogen and oxygen atoms in total. The number of benzene rings is 2. The summed E-state index contributed by atoms with van der Waals surface area (Å²) in [5.41, 5.74) is 1.78. The van der Waals surface area contributed by atoms with Crippen molar-refractivity contribution in [3.8, 4) is 17.0 Å². The SMILES string of the molecule is CN1CCC(Oc2cc3ncnc(Nc4ccnc(-c5ccccc5F)c4)c3cc2[N+](=O)[O-])C1. The monoisotopic (exact) mass is 460 g/mol. The number of hydrogen-bond donors (Lipinski definition) is 1. The fourth-order valence-corrected chi connectivity index (χ4v) is 4.04. The van der Waals surface area contributed by atoms with E-state index in [1.807, 2.05) is 7.05 Å². The van der Waals surface area contributed by atoms with Gasteiger partial charge in [0.15, 0.2) is 5.75 Å². The summed E-state index contributed by atoms with van der Waals surface area (Å²) in [6, 6.07) is 12.8. The Morgan fingerprint density at radius 2 is 2.03 bits per heavy atom. The van der Waals surface area contributed by atoms with Gasteiger partial charge in [-0.05, 0) is 37.7 Å². The van der Waals surface area contributed by atoms with Crippen LogP contribution in [-0.2, 0) is 0 Å². The van der Waals surface area contributed by atoms with Crippen molar-refractivity contribution < 1.29 is 14.1 Å². The third-order valence-electron chi connectivity index (χ3n) is 5.73. The van der Waals surface area contributed by atoms with Gasteiger partial charge in [-0.2, -0.15) is 0 Å². The van der Waals surface area contributed by atoms with E-state index in [1.54, 1.807) is 42.6 Å². The lowest BCUT2D eigenvalue weighted by atomic mass is 10.1. The Hall–Kier alpha value is -4.18. The van der Waals surface area contributed by atoms with Gasteiger partial charge in [-0.1, -0.05) is 12.1 Å². The number of nitrogens with one attached hydrogen (secondary N) is 1. The lowest BCUT2D eigenvalue weighted by Gasteiger charge is -2.15. The number of nitrogens with zero attached hydrogens (tertiary/aromatic N) is 5. The van der Waals surface area contributed by atoms with Gasteiger partial charge in [-0.3, -0.25) is 15.1 Å². The largest absolute Gasteiger partial charge is 0.482 e. The highest BCUT2D eigenvalue weighted by Gasteiger charge is 2.26. The van der Waals surface area contributed by atoms with Crippen LogP contribution in [0.4, 0.5) is 21.6 Å². The van der Waals surface area contributed by atoms with Crippen LogP contribution in [0, 0.1) is 15.9 Å².